The lowest BCUT2D eigenvalue weighted by Crippen LogP contribution is -1.96. The molecule has 0 saturated heterocycles. The number of nitro benzene ring substituents is 1. The van der Waals surface area contributed by atoms with Crippen molar-refractivity contribution >= 4 is 55.0 Å². The molecule has 0 amide bonds. The van der Waals surface area contributed by atoms with Crippen molar-refractivity contribution in [3.05, 3.63) is 82.4 Å². The molecule has 4 aromatic carbocycles. The molecule has 0 spiro atoms. The Morgan fingerprint density at radius 3 is 2.17 bits per heavy atom. The standard InChI is InChI=1S/C23H18N6O6S/c1-13-11-16(7-10-20(13)29(31)32)26-28-19-9-6-14-5-8-18(22(24)21(14)23(19)30)27-25-15-3-2-4-17(12-15)36(33,34)35/h2-12,30H,24H2,1H3,(H,33,34,35). The number of rotatable bonds is 6. The van der Waals surface area contributed by atoms with Crippen LogP contribution in [0.3, 0.4) is 0 Å². The molecule has 0 fully saturated rings. The fraction of sp³-hybridized carbons (Fsp3) is 0.0435. The number of hydrogen-bond acceptors (Lipinski definition) is 10. The normalized spacial score (nSPS) is 12.1. The summed E-state index contributed by atoms with van der Waals surface area (Å²) in [5, 5.41) is 38.8. The highest BCUT2D eigenvalue weighted by Gasteiger charge is 2.14. The highest BCUT2D eigenvalue weighted by atomic mass is 32.2. The summed E-state index contributed by atoms with van der Waals surface area (Å²) in [4.78, 5) is 10.2. The minimum Gasteiger partial charge on any atom is -0.505 e. The van der Waals surface area contributed by atoms with Crippen LogP contribution in [0.2, 0.25) is 0 Å². The van der Waals surface area contributed by atoms with Crippen LogP contribution >= 0.6 is 0 Å². The van der Waals surface area contributed by atoms with Gasteiger partial charge in [0.15, 0.2) is 5.75 Å². The number of azo groups is 2. The van der Waals surface area contributed by atoms with Crippen molar-refractivity contribution in [3.8, 4) is 5.75 Å². The Morgan fingerprint density at radius 2 is 1.53 bits per heavy atom. The van der Waals surface area contributed by atoms with Crippen LogP contribution in [0, 0.1) is 17.0 Å². The first-order chi connectivity index (χ1) is 17.0. The van der Waals surface area contributed by atoms with E-state index in [1.807, 2.05) is 0 Å². The van der Waals surface area contributed by atoms with E-state index in [1.165, 1.54) is 36.4 Å². The second kappa shape index (κ2) is 9.48. The van der Waals surface area contributed by atoms with Crippen LogP contribution in [0.15, 0.2) is 92.1 Å². The van der Waals surface area contributed by atoms with Gasteiger partial charge in [0.1, 0.15) is 11.4 Å². The van der Waals surface area contributed by atoms with E-state index in [4.69, 9.17) is 5.73 Å². The number of nitrogens with zero attached hydrogens (tertiary/aromatic N) is 5. The fourth-order valence-corrected chi connectivity index (χ4v) is 3.93. The van der Waals surface area contributed by atoms with Gasteiger partial charge in [0, 0.05) is 11.6 Å². The smallest absolute Gasteiger partial charge is 0.294 e. The average molecular weight is 507 g/mol. The Balaban J connectivity index is 1.68. The Hall–Kier alpha value is -4.75. The van der Waals surface area contributed by atoms with E-state index in [0.29, 0.717) is 16.6 Å². The van der Waals surface area contributed by atoms with Crippen molar-refractivity contribution in [1.29, 1.82) is 0 Å². The van der Waals surface area contributed by atoms with Gasteiger partial charge < -0.3 is 10.8 Å². The van der Waals surface area contributed by atoms with Crippen LogP contribution < -0.4 is 5.73 Å². The Bertz CT molecular complexity index is 1680. The molecule has 0 aliphatic rings. The molecule has 0 saturated carbocycles. The Kier molecular flexibility index (Phi) is 6.42. The van der Waals surface area contributed by atoms with E-state index in [-0.39, 0.29) is 44.5 Å². The lowest BCUT2D eigenvalue weighted by atomic mass is 10.1. The number of phenolic OH excluding ortho intramolecular Hbond substituents is 1. The van der Waals surface area contributed by atoms with Crippen LogP contribution in [0.5, 0.6) is 5.75 Å². The summed E-state index contributed by atoms with van der Waals surface area (Å²) < 4.78 is 31.8. The Labute approximate surface area is 204 Å². The average Bonchev–Trinajstić information content (AvgIpc) is 2.82. The van der Waals surface area contributed by atoms with Gasteiger partial charge in [0.05, 0.1) is 32.3 Å². The third-order valence-corrected chi connectivity index (χ3v) is 6.04. The van der Waals surface area contributed by atoms with Crippen LogP contribution in [0.25, 0.3) is 10.8 Å². The second-order valence-corrected chi connectivity index (χ2v) is 9.05. The Morgan fingerprint density at radius 1 is 0.889 bits per heavy atom. The number of aromatic hydroxyl groups is 1. The van der Waals surface area contributed by atoms with Crippen LogP contribution in [0.1, 0.15) is 5.56 Å². The lowest BCUT2D eigenvalue weighted by Gasteiger charge is -2.08. The molecule has 13 heteroatoms. The molecule has 0 aliphatic carbocycles. The molecule has 0 aromatic heterocycles. The highest BCUT2D eigenvalue weighted by Crippen LogP contribution is 2.42. The molecule has 4 aromatic rings. The fourth-order valence-electron chi connectivity index (χ4n) is 3.41. The third-order valence-electron chi connectivity index (χ3n) is 5.19. The minimum absolute atomic E-state index is 0.0401. The monoisotopic (exact) mass is 506 g/mol. The van der Waals surface area contributed by atoms with E-state index in [2.05, 4.69) is 20.5 Å². The topological polar surface area (TPSA) is 193 Å². The highest BCUT2D eigenvalue weighted by molar-refractivity contribution is 7.85. The number of nitrogen functional groups attached to an aromatic ring is 1. The SMILES string of the molecule is Cc1cc(N=Nc2ccc3ccc(N=Nc4cccc(S(=O)(=O)O)c4)c(N)c3c2O)ccc1[N+](=O)[O-]. The zero-order valence-electron chi connectivity index (χ0n) is 18.6. The van der Waals surface area contributed by atoms with E-state index in [1.54, 1.807) is 31.2 Å². The predicted octanol–water partition coefficient (Wildman–Crippen LogP) is 6.42. The first-order valence-electron chi connectivity index (χ1n) is 10.2. The van der Waals surface area contributed by atoms with Gasteiger partial charge in [-0.1, -0.05) is 18.2 Å². The molecular formula is C23H18N6O6S. The van der Waals surface area contributed by atoms with E-state index in [9.17, 15) is 28.2 Å². The van der Waals surface area contributed by atoms with E-state index < -0.39 is 15.0 Å². The van der Waals surface area contributed by atoms with Crippen molar-refractivity contribution in [3.63, 3.8) is 0 Å². The number of aryl methyl sites for hydroxylation is 1. The van der Waals surface area contributed by atoms with E-state index >= 15 is 0 Å². The quantitative estimate of drug-likeness (QED) is 0.0881. The predicted molar refractivity (Wildman–Crippen MR) is 132 cm³/mol. The van der Waals surface area contributed by atoms with E-state index in [0.717, 1.165) is 6.07 Å². The molecule has 0 bridgehead atoms. The first kappa shape index (κ1) is 24.4. The van der Waals surface area contributed by atoms with Gasteiger partial charge in [-0.2, -0.15) is 18.6 Å². The van der Waals surface area contributed by atoms with Gasteiger partial charge in [0.2, 0.25) is 0 Å². The molecule has 0 radical (unpaired) electrons. The van der Waals surface area contributed by atoms with Gasteiger partial charge in [-0.25, -0.2) is 0 Å². The zero-order chi connectivity index (χ0) is 26.0. The van der Waals surface area contributed by atoms with Gasteiger partial charge in [-0.3, -0.25) is 14.7 Å². The van der Waals surface area contributed by atoms with Crippen LogP contribution in [-0.2, 0) is 10.1 Å². The second-order valence-electron chi connectivity index (χ2n) is 7.63. The van der Waals surface area contributed by atoms with Crippen LogP contribution in [-0.4, -0.2) is 23.0 Å². The summed E-state index contributed by atoms with van der Waals surface area (Å²) in [6.45, 7) is 1.58. The molecule has 36 heavy (non-hydrogen) atoms. The third kappa shape index (κ3) is 5.01. The van der Waals surface area contributed by atoms with Gasteiger partial charge >= 0.3 is 0 Å². The number of benzene rings is 4. The molecule has 0 unspecified atom stereocenters. The van der Waals surface area contributed by atoms with Gasteiger partial charge in [-0.05, 0) is 54.8 Å². The maximum Gasteiger partial charge on any atom is 0.294 e. The van der Waals surface area contributed by atoms with Crippen molar-refractivity contribution in [2.45, 2.75) is 11.8 Å². The van der Waals surface area contributed by atoms with Gasteiger partial charge in [-0.15, -0.1) is 10.2 Å². The maximum atomic E-state index is 11.3. The summed E-state index contributed by atoms with van der Waals surface area (Å²) in [5.74, 6) is -0.252. The zero-order valence-corrected chi connectivity index (χ0v) is 19.4. The van der Waals surface area contributed by atoms with Crippen molar-refractivity contribution < 1.29 is 23.0 Å². The summed E-state index contributed by atoms with van der Waals surface area (Å²) in [5.41, 5.74) is 7.55. The molecule has 12 nitrogen and oxygen atoms in total. The summed E-state index contributed by atoms with van der Waals surface area (Å²) in [7, 11) is -4.40. The van der Waals surface area contributed by atoms with Crippen molar-refractivity contribution in [2.75, 3.05) is 5.73 Å². The van der Waals surface area contributed by atoms with Crippen molar-refractivity contribution in [1.82, 2.24) is 0 Å². The number of nitro groups is 1. The largest absolute Gasteiger partial charge is 0.505 e. The van der Waals surface area contributed by atoms with Gasteiger partial charge in [0.25, 0.3) is 15.8 Å². The number of anilines is 1. The van der Waals surface area contributed by atoms with Crippen LogP contribution in [0.4, 0.5) is 34.1 Å². The lowest BCUT2D eigenvalue weighted by molar-refractivity contribution is -0.385. The summed E-state index contributed by atoms with van der Waals surface area (Å²) in [6.07, 6.45) is 0. The number of hydrogen-bond donors (Lipinski definition) is 3. The summed E-state index contributed by atoms with van der Waals surface area (Å²) in [6, 6.07) is 16.0. The molecule has 4 rings (SSSR count). The number of phenols is 1. The molecule has 4 N–H and O–H groups in total. The molecule has 0 heterocycles. The number of nitrogens with two attached hydrogens (primary N) is 1. The number of fused-ring (bicyclic) bond motifs is 1. The first-order valence-corrected chi connectivity index (χ1v) is 11.7. The van der Waals surface area contributed by atoms with Crippen molar-refractivity contribution in [2.24, 2.45) is 20.5 Å². The maximum absolute atomic E-state index is 11.3. The molecule has 182 valence electrons. The molecule has 0 atom stereocenters. The summed E-state index contributed by atoms with van der Waals surface area (Å²) >= 11 is 0. The molecular weight excluding hydrogens is 488 g/mol. The molecule has 0 aliphatic heterocycles. The minimum atomic E-state index is -4.40.